The number of benzene rings is 1. The van der Waals surface area contributed by atoms with Crippen LogP contribution in [-0.2, 0) is 29.1 Å². The fourth-order valence-electron chi connectivity index (χ4n) is 2.52. The summed E-state index contributed by atoms with van der Waals surface area (Å²) in [6.45, 7) is 0. The molecule has 14 heteroatoms. The fraction of sp³-hybridized carbons (Fsp3) is 0.312. The fourth-order valence-corrected chi connectivity index (χ4v) is 5.35. The van der Waals surface area contributed by atoms with Crippen molar-refractivity contribution in [2.24, 2.45) is 0 Å². The highest BCUT2D eigenvalue weighted by atomic mass is 32.2. The van der Waals surface area contributed by atoms with Crippen LogP contribution in [0.4, 0.5) is 10.8 Å². The number of carbonyl (C=O) groups excluding carboxylic acids is 3. The van der Waals surface area contributed by atoms with Gasteiger partial charge in [-0.25, -0.2) is 13.3 Å². The predicted molar refractivity (Wildman–Crippen MR) is 108 cm³/mol. The molecule has 0 atom stereocenters. The zero-order valence-corrected chi connectivity index (χ0v) is 18.2. The van der Waals surface area contributed by atoms with Gasteiger partial charge in [0.25, 0.3) is 10.0 Å². The molecule has 0 unspecified atom stereocenters. The van der Waals surface area contributed by atoms with E-state index >= 15 is 0 Å². The van der Waals surface area contributed by atoms with Crippen molar-refractivity contribution >= 4 is 61.7 Å². The number of methoxy groups -OCH3 is 2. The Hall–Kier alpha value is -2.71. The minimum Gasteiger partial charge on any atom is -0.495 e. The number of imide groups is 1. The molecule has 11 nitrogen and oxygen atoms in total. The van der Waals surface area contributed by atoms with Gasteiger partial charge in [0.1, 0.15) is 5.75 Å². The molecule has 1 N–H and O–H groups in total. The third kappa shape index (κ3) is 4.71. The summed E-state index contributed by atoms with van der Waals surface area (Å²) in [5.74, 6) is -1.11. The van der Waals surface area contributed by atoms with Crippen LogP contribution in [-0.4, -0.2) is 56.4 Å². The van der Waals surface area contributed by atoms with E-state index in [-0.39, 0.29) is 40.1 Å². The minimum atomic E-state index is -4.10. The summed E-state index contributed by atoms with van der Waals surface area (Å²) >= 11 is 2.00. The summed E-state index contributed by atoms with van der Waals surface area (Å²) in [4.78, 5) is 36.1. The van der Waals surface area contributed by atoms with Crippen LogP contribution < -0.4 is 14.4 Å². The lowest BCUT2D eigenvalue weighted by molar-refractivity contribution is -0.137. The van der Waals surface area contributed by atoms with Crippen molar-refractivity contribution in [3.8, 4) is 5.75 Å². The third-order valence-corrected chi connectivity index (χ3v) is 7.33. The van der Waals surface area contributed by atoms with E-state index in [1.807, 2.05) is 0 Å². The summed E-state index contributed by atoms with van der Waals surface area (Å²) in [7, 11) is -1.48. The summed E-state index contributed by atoms with van der Waals surface area (Å²) in [5, 5.41) is 7.55. The maximum absolute atomic E-state index is 12.8. The van der Waals surface area contributed by atoms with E-state index in [2.05, 4.69) is 19.7 Å². The molecular weight excluding hydrogens is 456 g/mol. The van der Waals surface area contributed by atoms with Gasteiger partial charge in [-0.1, -0.05) is 23.1 Å². The van der Waals surface area contributed by atoms with Crippen LogP contribution in [0.25, 0.3) is 0 Å². The zero-order chi connectivity index (χ0) is 21.9. The number of nitrogens with one attached hydrogen (secondary N) is 1. The molecule has 0 spiro atoms. The number of anilines is 2. The number of carbonyl (C=O) groups is 3. The van der Waals surface area contributed by atoms with Gasteiger partial charge in [-0.2, -0.15) is 0 Å². The number of esters is 1. The highest BCUT2D eigenvalue weighted by Gasteiger charge is 2.33. The van der Waals surface area contributed by atoms with Crippen molar-refractivity contribution < 1.29 is 32.3 Å². The van der Waals surface area contributed by atoms with E-state index in [0.29, 0.717) is 4.34 Å². The van der Waals surface area contributed by atoms with Crippen LogP contribution in [0.1, 0.15) is 12.8 Å². The van der Waals surface area contributed by atoms with Gasteiger partial charge in [0, 0.05) is 12.8 Å². The summed E-state index contributed by atoms with van der Waals surface area (Å²) in [6.07, 6.45) is 0.0992. The molecule has 2 heterocycles. The van der Waals surface area contributed by atoms with Gasteiger partial charge in [-0.15, -0.1) is 10.2 Å². The van der Waals surface area contributed by atoms with Crippen LogP contribution in [0.15, 0.2) is 27.4 Å². The first-order chi connectivity index (χ1) is 14.2. The summed E-state index contributed by atoms with van der Waals surface area (Å²) < 4.78 is 37.9. The number of thioether (sulfide) groups is 1. The van der Waals surface area contributed by atoms with Gasteiger partial charge in [0.2, 0.25) is 16.9 Å². The van der Waals surface area contributed by atoms with Crippen LogP contribution in [0.3, 0.4) is 0 Å². The standard InChI is InChI=1S/C16H16N4O7S3/c1-26-11-4-3-9(7-10(11)20-12(21)5-6-13(20)22)30(24,25)19-15-17-18-16(29-15)28-8-14(23)27-2/h3-4,7H,5-6,8H2,1-2H3,(H,17,19). The molecule has 1 saturated heterocycles. The minimum absolute atomic E-state index is 0.00643. The van der Waals surface area contributed by atoms with Crippen molar-refractivity contribution in [2.45, 2.75) is 22.1 Å². The first kappa shape index (κ1) is 22.0. The number of hydrogen-bond acceptors (Lipinski definition) is 11. The van der Waals surface area contributed by atoms with Crippen molar-refractivity contribution in [1.29, 1.82) is 0 Å². The van der Waals surface area contributed by atoms with E-state index in [4.69, 9.17) is 4.74 Å². The second-order valence-electron chi connectivity index (χ2n) is 5.80. The third-order valence-electron chi connectivity index (χ3n) is 3.92. The Kier molecular flexibility index (Phi) is 6.58. The Morgan fingerprint density at radius 3 is 2.57 bits per heavy atom. The molecule has 0 radical (unpaired) electrons. The van der Waals surface area contributed by atoms with Gasteiger partial charge in [-0.05, 0) is 18.2 Å². The highest BCUT2D eigenvalue weighted by molar-refractivity contribution is 8.01. The topological polar surface area (TPSA) is 145 Å². The lowest BCUT2D eigenvalue weighted by Gasteiger charge is -2.18. The van der Waals surface area contributed by atoms with Gasteiger partial charge >= 0.3 is 5.97 Å². The van der Waals surface area contributed by atoms with Gasteiger partial charge in [-0.3, -0.25) is 19.1 Å². The number of nitrogens with zero attached hydrogens (tertiary/aromatic N) is 3. The predicted octanol–water partition coefficient (Wildman–Crippen LogP) is 1.27. The zero-order valence-electron chi connectivity index (χ0n) is 15.8. The Bertz CT molecular complexity index is 1080. The highest BCUT2D eigenvalue weighted by Crippen LogP contribution is 2.35. The Morgan fingerprint density at radius 1 is 1.23 bits per heavy atom. The summed E-state index contributed by atoms with van der Waals surface area (Å²) in [6, 6.07) is 3.83. The van der Waals surface area contributed by atoms with E-state index in [1.54, 1.807) is 0 Å². The number of ether oxygens (including phenoxy) is 2. The van der Waals surface area contributed by atoms with Crippen molar-refractivity contribution in [2.75, 3.05) is 29.6 Å². The molecule has 1 aromatic heterocycles. The molecule has 2 aromatic rings. The average Bonchev–Trinajstić information content (AvgIpc) is 3.30. The number of sulfonamides is 1. The maximum atomic E-state index is 12.8. The molecule has 160 valence electrons. The van der Waals surface area contributed by atoms with Crippen LogP contribution >= 0.6 is 23.1 Å². The van der Waals surface area contributed by atoms with Crippen LogP contribution in [0.5, 0.6) is 5.75 Å². The van der Waals surface area contributed by atoms with Gasteiger partial charge < -0.3 is 9.47 Å². The van der Waals surface area contributed by atoms with Crippen molar-refractivity contribution in [1.82, 2.24) is 10.2 Å². The van der Waals surface area contributed by atoms with Gasteiger partial charge in [0.05, 0.1) is 30.6 Å². The maximum Gasteiger partial charge on any atom is 0.316 e. The molecule has 30 heavy (non-hydrogen) atoms. The number of amides is 2. The largest absolute Gasteiger partial charge is 0.495 e. The van der Waals surface area contributed by atoms with E-state index in [9.17, 15) is 22.8 Å². The molecule has 1 aliphatic heterocycles. The number of rotatable bonds is 8. The van der Waals surface area contributed by atoms with Crippen LogP contribution in [0.2, 0.25) is 0 Å². The Labute approximate surface area is 179 Å². The van der Waals surface area contributed by atoms with Crippen molar-refractivity contribution in [3.63, 3.8) is 0 Å². The molecule has 3 rings (SSSR count). The second kappa shape index (κ2) is 8.97. The number of hydrogen-bond donors (Lipinski definition) is 1. The Morgan fingerprint density at radius 2 is 1.93 bits per heavy atom. The SMILES string of the molecule is COC(=O)CSc1nnc(NS(=O)(=O)c2ccc(OC)c(N3C(=O)CCC3=O)c2)s1. The van der Waals surface area contributed by atoms with Gasteiger partial charge in [0.15, 0.2) is 4.34 Å². The average molecular weight is 473 g/mol. The lowest BCUT2D eigenvalue weighted by Crippen LogP contribution is -2.29. The molecule has 1 aromatic carbocycles. The monoisotopic (exact) mass is 472 g/mol. The molecule has 1 aliphatic rings. The van der Waals surface area contributed by atoms with E-state index in [0.717, 1.165) is 28.0 Å². The second-order valence-corrected chi connectivity index (χ2v) is 9.68. The Balaban J connectivity index is 1.84. The molecule has 1 fully saturated rings. The molecule has 0 bridgehead atoms. The van der Waals surface area contributed by atoms with E-state index < -0.39 is 27.8 Å². The molecule has 0 saturated carbocycles. The molecule has 2 amide bonds. The molecule has 0 aliphatic carbocycles. The van der Waals surface area contributed by atoms with Crippen LogP contribution in [0, 0.1) is 0 Å². The van der Waals surface area contributed by atoms with Crippen molar-refractivity contribution in [3.05, 3.63) is 18.2 Å². The first-order valence-corrected chi connectivity index (χ1v) is 11.6. The summed E-state index contributed by atoms with van der Waals surface area (Å²) in [5.41, 5.74) is 0.0551. The van der Waals surface area contributed by atoms with E-state index in [1.165, 1.54) is 32.4 Å². The normalized spacial score (nSPS) is 14.1. The molecular formula is C16H16N4O7S3. The first-order valence-electron chi connectivity index (χ1n) is 8.35. The quantitative estimate of drug-likeness (QED) is 0.338. The number of aromatic nitrogens is 2. The lowest BCUT2D eigenvalue weighted by atomic mass is 10.2. The smallest absolute Gasteiger partial charge is 0.316 e.